The molecule has 1 heterocycles. The summed E-state index contributed by atoms with van der Waals surface area (Å²) in [6.45, 7) is 5.22. The summed E-state index contributed by atoms with van der Waals surface area (Å²) in [5, 5.41) is 0. The molecule has 2 atom stereocenters. The number of hydrogen-bond donors (Lipinski definition) is 0. The van der Waals surface area contributed by atoms with Gasteiger partial charge >= 0.3 is 12.3 Å². The van der Waals surface area contributed by atoms with Crippen LogP contribution in [-0.2, 0) is 27.1 Å². The van der Waals surface area contributed by atoms with Gasteiger partial charge in [-0.1, -0.05) is 66.7 Å². The average Bonchev–Trinajstić information content (AvgIpc) is 3.10. The fourth-order valence-electron chi connectivity index (χ4n) is 4.28. The van der Waals surface area contributed by atoms with E-state index in [-0.39, 0.29) is 6.61 Å². The highest BCUT2D eigenvalue weighted by molar-refractivity contribution is 5.96. The van der Waals surface area contributed by atoms with E-state index in [0.29, 0.717) is 5.56 Å². The Balaban J connectivity index is 1.42. The van der Waals surface area contributed by atoms with Crippen molar-refractivity contribution in [1.82, 2.24) is 4.90 Å². The van der Waals surface area contributed by atoms with Gasteiger partial charge in [-0.2, -0.15) is 13.2 Å². The lowest BCUT2D eigenvalue weighted by Gasteiger charge is -2.29. The maximum atomic E-state index is 13.2. The molecule has 1 fully saturated rings. The first-order valence-electron chi connectivity index (χ1n) is 11.5. The van der Waals surface area contributed by atoms with Crippen LogP contribution in [0.2, 0.25) is 0 Å². The second-order valence-corrected chi connectivity index (χ2v) is 9.22. The molecule has 4 rings (SSSR count). The van der Waals surface area contributed by atoms with Crippen LogP contribution in [0.25, 0.3) is 11.1 Å². The highest BCUT2D eigenvalue weighted by Gasteiger charge is 2.52. The van der Waals surface area contributed by atoms with E-state index in [1.165, 1.54) is 12.1 Å². The van der Waals surface area contributed by atoms with Crippen molar-refractivity contribution < 1.29 is 32.2 Å². The number of alkyl halides is 3. The van der Waals surface area contributed by atoms with Crippen LogP contribution in [0.3, 0.4) is 0 Å². The second-order valence-electron chi connectivity index (χ2n) is 9.22. The van der Waals surface area contributed by atoms with E-state index in [0.717, 1.165) is 33.7 Å². The van der Waals surface area contributed by atoms with Gasteiger partial charge in [-0.05, 0) is 55.2 Å². The molecule has 2 amide bonds. The Hall–Kier alpha value is -3.65. The third kappa shape index (κ3) is 5.28. The number of benzene rings is 3. The first kappa shape index (κ1) is 25.4. The Kier molecular flexibility index (Phi) is 6.91. The number of ether oxygens (including phenoxy) is 2. The molecule has 0 spiro atoms. The number of carbonyl (C=O) groups excluding carboxylic acids is 2. The van der Waals surface area contributed by atoms with Crippen LogP contribution in [0, 0.1) is 0 Å². The molecule has 0 bridgehead atoms. The minimum Gasteiger partial charge on any atom is -0.440 e. The van der Waals surface area contributed by atoms with E-state index in [9.17, 15) is 22.8 Å². The van der Waals surface area contributed by atoms with E-state index in [2.05, 4.69) is 0 Å². The number of rotatable bonds is 6. The van der Waals surface area contributed by atoms with E-state index in [1.807, 2.05) is 30.3 Å². The molecule has 3 aromatic carbocycles. The summed E-state index contributed by atoms with van der Waals surface area (Å²) in [6, 6.07) is 20.7. The number of amides is 2. The smallest absolute Gasteiger partial charge is 0.417 e. The Bertz CT molecular complexity index is 1220. The molecule has 0 radical (unpaired) electrons. The van der Waals surface area contributed by atoms with Gasteiger partial charge in [0.05, 0.1) is 12.2 Å². The van der Waals surface area contributed by atoms with Gasteiger partial charge in [-0.25, -0.2) is 9.69 Å². The summed E-state index contributed by atoms with van der Waals surface area (Å²) < 4.78 is 49.6. The standard InChI is InChI=1S/C28H26F3NO4/c1-18(25(33)32-24(22-7-5-4-6-8-22)27(2,3)36-26(32)34)35-17-19-9-11-20(12-10-19)21-13-15-23(16-14-21)28(29,30)31/h4-16,18,24H,17H2,1-3H3/t18?,24-/m0/s1. The van der Waals surface area contributed by atoms with Gasteiger partial charge in [0.1, 0.15) is 17.7 Å². The van der Waals surface area contributed by atoms with Gasteiger partial charge in [-0.3, -0.25) is 4.79 Å². The van der Waals surface area contributed by atoms with Gasteiger partial charge in [0.2, 0.25) is 0 Å². The first-order valence-corrected chi connectivity index (χ1v) is 11.5. The quantitative estimate of drug-likeness (QED) is 0.377. The number of imide groups is 1. The largest absolute Gasteiger partial charge is 0.440 e. The first-order chi connectivity index (χ1) is 17.0. The fourth-order valence-corrected chi connectivity index (χ4v) is 4.28. The van der Waals surface area contributed by atoms with Crippen LogP contribution in [0.4, 0.5) is 18.0 Å². The Morgan fingerprint density at radius 1 is 0.972 bits per heavy atom. The van der Waals surface area contributed by atoms with Crippen molar-refractivity contribution in [3.63, 3.8) is 0 Å². The summed E-state index contributed by atoms with van der Waals surface area (Å²) >= 11 is 0. The summed E-state index contributed by atoms with van der Waals surface area (Å²) in [6.07, 6.45) is -6.00. The summed E-state index contributed by atoms with van der Waals surface area (Å²) in [4.78, 5) is 26.9. The molecular weight excluding hydrogens is 471 g/mol. The molecule has 0 N–H and O–H groups in total. The number of cyclic esters (lactones) is 1. The lowest BCUT2D eigenvalue weighted by atomic mass is 9.91. The number of carbonyl (C=O) groups is 2. The predicted octanol–water partition coefficient (Wildman–Crippen LogP) is 6.78. The lowest BCUT2D eigenvalue weighted by Crippen LogP contribution is -2.43. The minimum absolute atomic E-state index is 0.114. The molecule has 0 saturated carbocycles. The molecule has 188 valence electrons. The molecule has 0 aliphatic carbocycles. The summed E-state index contributed by atoms with van der Waals surface area (Å²) in [7, 11) is 0. The zero-order valence-corrected chi connectivity index (χ0v) is 20.1. The fraction of sp³-hybridized carbons (Fsp3) is 0.286. The zero-order chi connectivity index (χ0) is 26.1. The molecule has 36 heavy (non-hydrogen) atoms. The van der Waals surface area contributed by atoms with E-state index < -0.39 is 41.5 Å². The Labute approximate surface area is 207 Å². The SMILES string of the molecule is CC(OCc1ccc(-c2ccc(C(F)(F)F)cc2)cc1)C(=O)N1C(=O)OC(C)(C)[C@@H]1c1ccccc1. The maximum absolute atomic E-state index is 13.2. The topological polar surface area (TPSA) is 55.8 Å². The lowest BCUT2D eigenvalue weighted by molar-refractivity contribution is -0.142. The van der Waals surface area contributed by atoms with Gasteiger partial charge < -0.3 is 9.47 Å². The average molecular weight is 498 g/mol. The van der Waals surface area contributed by atoms with Gasteiger partial charge in [0.25, 0.3) is 5.91 Å². The van der Waals surface area contributed by atoms with Crippen LogP contribution in [0.5, 0.6) is 0 Å². The van der Waals surface area contributed by atoms with Crippen LogP contribution >= 0.6 is 0 Å². The van der Waals surface area contributed by atoms with Crippen LogP contribution < -0.4 is 0 Å². The van der Waals surface area contributed by atoms with Crippen LogP contribution in [-0.4, -0.2) is 28.6 Å². The molecule has 3 aromatic rings. The molecule has 1 aliphatic rings. The molecular formula is C28H26F3NO4. The van der Waals surface area contributed by atoms with Crippen LogP contribution in [0.1, 0.15) is 43.5 Å². The molecule has 0 aromatic heterocycles. The van der Waals surface area contributed by atoms with E-state index in [1.54, 1.807) is 45.0 Å². The highest BCUT2D eigenvalue weighted by Crippen LogP contribution is 2.41. The molecule has 1 saturated heterocycles. The zero-order valence-electron chi connectivity index (χ0n) is 20.1. The second kappa shape index (κ2) is 9.78. The summed E-state index contributed by atoms with van der Waals surface area (Å²) in [5.74, 6) is -0.499. The third-order valence-electron chi connectivity index (χ3n) is 6.16. The van der Waals surface area contributed by atoms with Gasteiger partial charge in [0, 0.05) is 0 Å². The monoisotopic (exact) mass is 497 g/mol. The molecule has 1 aliphatic heterocycles. The Morgan fingerprint density at radius 3 is 2.08 bits per heavy atom. The predicted molar refractivity (Wildman–Crippen MR) is 128 cm³/mol. The maximum Gasteiger partial charge on any atom is 0.417 e. The number of nitrogens with zero attached hydrogens (tertiary/aromatic N) is 1. The molecule has 8 heteroatoms. The van der Waals surface area contributed by atoms with Crippen molar-refractivity contribution in [2.24, 2.45) is 0 Å². The van der Waals surface area contributed by atoms with Crippen molar-refractivity contribution in [3.8, 4) is 11.1 Å². The normalized spacial score (nSPS) is 18.1. The van der Waals surface area contributed by atoms with Crippen LogP contribution in [0.15, 0.2) is 78.9 Å². The van der Waals surface area contributed by atoms with Crippen molar-refractivity contribution >= 4 is 12.0 Å². The van der Waals surface area contributed by atoms with Gasteiger partial charge in [-0.15, -0.1) is 0 Å². The van der Waals surface area contributed by atoms with Crippen molar-refractivity contribution in [2.75, 3.05) is 0 Å². The van der Waals surface area contributed by atoms with Crippen molar-refractivity contribution in [3.05, 3.63) is 95.6 Å². The van der Waals surface area contributed by atoms with E-state index in [4.69, 9.17) is 9.47 Å². The summed E-state index contributed by atoms with van der Waals surface area (Å²) in [5.41, 5.74) is 1.37. The highest BCUT2D eigenvalue weighted by atomic mass is 19.4. The third-order valence-corrected chi connectivity index (χ3v) is 6.16. The van der Waals surface area contributed by atoms with Gasteiger partial charge in [0.15, 0.2) is 0 Å². The van der Waals surface area contributed by atoms with Crippen molar-refractivity contribution in [2.45, 2.75) is 51.3 Å². The number of halogens is 3. The molecule has 1 unspecified atom stereocenters. The van der Waals surface area contributed by atoms with Crippen molar-refractivity contribution in [1.29, 1.82) is 0 Å². The number of hydrogen-bond acceptors (Lipinski definition) is 4. The minimum atomic E-state index is -4.38. The van der Waals surface area contributed by atoms with E-state index >= 15 is 0 Å². The molecule has 5 nitrogen and oxygen atoms in total. The Morgan fingerprint density at radius 2 is 1.53 bits per heavy atom.